The SMILES string of the molecule is C=C(C)CSc1nc2sc3c(c2c(=O)n1-c1ccc(C)cc1)CC[NH+](Cc1ccccc1)C3. The Morgan fingerprint density at radius 2 is 1.94 bits per heavy atom. The van der Waals surface area contributed by atoms with E-state index in [1.165, 1.54) is 26.5 Å². The lowest BCUT2D eigenvalue weighted by atomic mass is 10.0. The molecule has 4 nitrogen and oxygen atoms in total. The average Bonchev–Trinajstić information content (AvgIpc) is 3.17. The van der Waals surface area contributed by atoms with Gasteiger partial charge in [-0.3, -0.25) is 9.36 Å². The third-order valence-electron chi connectivity index (χ3n) is 6.05. The molecule has 6 heteroatoms. The molecule has 2 aromatic carbocycles. The lowest BCUT2D eigenvalue weighted by Gasteiger charge is -2.24. The van der Waals surface area contributed by atoms with E-state index < -0.39 is 0 Å². The highest BCUT2D eigenvalue weighted by atomic mass is 32.2. The molecule has 33 heavy (non-hydrogen) atoms. The van der Waals surface area contributed by atoms with E-state index >= 15 is 0 Å². The van der Waals surface area contributed by atoms with E-state index in [-0.39, 0.29) is 5.56 Å². The van der Waals surface area contributed by atoms with E-state index in [1.54, 1.807) is 27.7 Å². The van der Waals surface area contributed by atoms with Gasteiger partial charge in [-0.2, -0.15) is 0 Å². The first kappa shape index (κ1) is 22.1. The molecule has 1 atom stereocenters. The minimum atomic E-state index is 0.0528. The number of nitrogens with zero attached hydrogens (tertiary/aromatic N) is 2. The molecule has 1 aliphatic heterocycles. The zero-order valence-electron chi connectivity index (χ0n) is 19.1. The molecule has 1 aliphatic rings. The van der Waals surface area contributed by atoms with Crippen molar-refractivity contribution in [3.05, 3.63) is 98.7 Å². The minimum absolute atomic E-state index is 0.0528. The highest BCUT2D eigenvalue weighted by molar-refractivity contribution is 7.99. The molecule has 0 saturated heterocycles. The third kappa shape index (κ3) is 4.56. The second-order valence-corrected chi connectivity index (χ2v) is 10.9. The summed E-state index contributed by atoms with van der Waals surface area (Å²) in [7, 11) is 0. The molecule has 0 aliphatic carbocycles. The first-order valence-electron chi connectivity index (χ1n) is 11.3. The van der Waals surface area contributed by atoms with Crippen LogP contribution in [0.25, 0.3) is 15.9 Å². The Balaban J connectivity index is 1.57. The summed E-state index contributed by atoms with van der Waals surface area (Å²) in [4.78, 5) is 22.6. The number of rotatable bonds is 6. The smallest absolute Gasteiger partial charge is 0.267 e. The predicted octanol–water partition coefficient (Wildman–Crippen LogP) is 4.57. The molecular formula is C27H28N3OS2+. The fourth-order valence-electron chi connectivity index (χ4n) is 4.40. The van der Waals surface area contributed by atoms with Crippen LogP contribution in [-0.4, -0.2) is 21.8 Å². The van der Waals surface area contributed by atoms with Gasteiger partial charge in [0, 0.05) is 17.7 Å². The van der Waals surface area contributed by atoms with Crippen molar-refractivity contribution in [1.29, 1.82) is 0 Å². The first-order chi connectivity index (χ1) is 16.0. The first-order valence-corrected chi connectivity index (χ1v) is 13.1. The van der Waals surface area contributed by atoms with Crippen molar-refractivity contribution in [2.45, 2.75) is 38.5 Å². The molecule has 0 amide bonds. The second kappa shape index (κ2) is 9.29. The lowest BCUT2D eigenvalue weighted by Crippen LogP contribution is -3.10. The Kier molecular flexibility index (Phi) is 6.23. The Labute approximate surface area is 202 Å². The van der Waals surface area contributed by atoms with Gasteiger partial charge in [0.05, 0.1) is 22.5 Å². The third-order valence-corrected chi connectivity index (χ3v) is 8.35. The summed E-state index contributed by atoms with van der Waals surface area (Å²) in [6, 6.07) is 18.8. The molecule has 168 valence electrons. The second-order valence-electron chi connectivity index (χ2n) is 8.89. The number of aromatic nitrogens is 2. The van der Waals surface area contributed by atoms with E-state index in [2.05, 4.69) is 43.8 Å². The molecule has 0 fully saturated rings. The van der Waals surface area contributed by atoms with E-state index in [9.17, 15) is 4.79 Å². The summed E-state index contributed by atoms with van der Waals surface area (Å²) in [6.07, 6.45) is 0.917. The number of thiophene rings is 1. The summed E-state index contributed by atoms with van der Waals surface area (Å²) in [6.45, 7) is 11.1. The molecule has 0 radical (unpaired) electrons. The van der Waals surface area contributed by atoms with Crippen molar-refractivity contribution in [1.82, 2.24) is 9.55 Å². The van der Waals surface area contributed by atoms with Crippen molar-refractivity contribution in [2.24, 2.45) is 0 Å². The van der Waals surface area contributed by atoms with Gasteiger partial charge in [-0.25, -0.2) is 4.98 Å². The summed E-state index contributed by atoms with van der Waals surface area (Å²) in [5.41, 5.74) is 5.73. The number of aryl methyl sites for hydroxylation is 1. The Hall–Kier alpha value is -2.67. The minimum Gasteiger partial charge on any atom is -0.326 e. The number of thioether (sulfide) groups is 1. The Bertz CT molecular complexity index is 1370. The van der Waals surface area contributed by atoms with Crippen LogP contribution in [0.15, 0.2) is 76.7 Å². The molecule has 0 spiro atoms. The van der Waals surface area contributed by atoms with Crippen molar-refractivity contribution in [3.63, 3.8) is 0 Å². The van der Waals surface area contributed by atoms with Crippen LogP contribution in [0.2, 0.25) is 0 Å². The Morgan fingerprint density at radius 1 is 1.18 bits per heavy atom. The standard InChI is InChI=1S/C27H27N3OS2/c1-18(2)17-32-27-28-25-24(26(31)30(27)21-11-9-19(3)10-12-21)22-13-14-29(16-23(22)33-25)15-20-7-5-4-6-8-20/h4-12H,1,13-17H2,2-3H3/p+1. The van der Waals surface area contributed by atoms with Crippen LogP contribution >= 0.6 is 23.1 Å². The molecule has 2 aromatic heterocycles. The molecule has 4 aromatic rings. The van der Waals surface area contributed by atoms with Gasteiger partial charge < -0.3 is 4.90 Å². The molecule has 5 rings (SSSR count). The maximum Gasteiger partial charge on any atom is 0.267 e. The lowest BCUT2D eigenvalue weighted by molar-refractivity contribution is -0.929. The average molecular weight is 475 g/mol. The zero-order valence-corrected chi connectivity index (χ0v) is 20.7. The topological polar surface area (TPSA) is 39.3 Å². The molecule has 1 N–H and O–H groups in total. The van der Waals surface area contributed by atoms with Crippen LogP contribution in [0, 0.1) is 6.92 Å². The predicted molar refractivity (Wildman–Crippen MR) is 139 cm³/mol. The van der Waals surface area contributed by atoms with Crippen LogP contribution in [0.4, 0.5) is 0 Å². The van der Waals surface area contributed by atoms with Crippen LogP contribution in [0.5, 0.6) is 0 Å². The number of fused-ring (bicyclic) bond motifs is 3. The van der Waals surface area contributed by atoms with Gasteiger partial charge in [-0.05, 0) is 31.5 Å². The van der Waals surface area contributed by atoms with E-state index in [1.807, 2.05) is 31.2 Å². The fraction of sp³-hybridized carbons (Fsp3) is 0.259. The number of benzene rings is 2. The van der Waals surface area contributed by atoms with Gasteiger partial charge in [-0.15, -0.1) is 11.3 Å². The largest absolute Gasteiger partial charge is 0.326 e. The van der Waals surface area contributed by atoms with Crippen molar-refractivity contribution in [3.8, 4) is 5.69 Å². The van der Waals surface area contributed by atoms with Crippen LogP contribution in [0.1, 0.15) is 28.5 Å². The molecule has 0 saturated carbocycles. The normalized spacial score (nSPS) is 15.5. The van der Waals surface area contributed by atoms with Gasteiger partial charge >= 0.3 is 0 Å². The summed E-state index contributed by atoms with van der Waals surface area (Å²) in [5, 5.41) is 1.56. The highest BCUT2D eigenvalue weighted by Gasteiger charge is 2.27. The van der Waals surface area contributed by atoms with Gasteiger partial charge in [0.25, 0.3) is 5.56 Å². The molecular weight excluding hydrogens is 446 g/mol. The van der Waals surface area contributed by atoms with Crippen LogP contribution < -0.4 is 10.5 Å². The van der Waals surface area contributed by atoms with Gasteiger partial charge in [-0.1, -0.05) is 71.9 Å². The van der Waals surface area contributed by atoms with Crippen molar-refractivity contribution in [2.75, 3.05) is 12.3 Å². The number of quaternary nitrogens is 1. The van der Waals surface area contributed by atoms with Crippen molar-refractivity contribution < 1.29 is 4.90 Å². The zero-order chi connectivity index (χ0) is 22.9. The summed E-state index contributed by atoms with van der Waals surface area (Å²) in [5.74, 6) is 0.740. The molecule has 0 bridgehead atoms. The molecule has 3 heterocycles. The summed E-state index contributed by atoms with van der Waals surface area (Å²) >= 11 is 3.29. The maximum atomic E-state index is 13.9. The number of hydrogen-bond acceptors (Lipinski definition) is 4. The van der Waals surface area contributed by atoms with Gasteiger partial charge in [0.2, 0.25) is 0 Å². The number of hydrogen-bond donors (Lipinski definition) is 1. The van der Waals surface area contributed by atoms with Gasteiger partial charge in [0.15, 0.2) is 5.16 Å². The monoisotopic (exact) mass is 474 g/mol. The maximum absolute atomic E-state index is 13.9. The van der Waals surface area contributed by atoms with Crippen LogP contribution in [-0.2, 0) is 19.5 Å². The van der Waals surface area contributed by atoms with Crippen molar-refractivity contribution >= 4 is 33.3 Å². The van der Waals surface area contributed by atoms with Gasteiger partial charge in [0.1, 0.15) is 17.9 Å². The Morgan fingerprint density at radius 3 is 2.67 bits per heavy atom. The van der Waals surface area contributed by atoms with E-state index in [0.29, 0.717) is 0 Å². The summed E-state index contributed by atoms with van der Waals surface area (Å²) < 4.78 is 1.80. The van der Waals surface area contributed by atoms with E-state index in [0.717, 1.165) is 58.4 Å². The molecule has 1 unspecified atom stereocenters. The van der Waals surface area contributed by atoms with Crippen LogP contribution in [0.3, 0.4) is 0 Å². The van der Waals surface area contributed by atoms with E-state index in [4.69, 9.17) is 4.98 Å². The highest BCUT2D eigenvalue weighted by Crippen LogP contribution is 2.32. The quantitative estimate of drug-likeness (QED) is 0.253. The fourth-order valence-corrected chi connectivity index (χ4v) is 6.59. The number of nitrogens with one attached hydrogen (secondary N) is 1.